The molecule has 1 rings (SSSR count). The van der Waals surface area contributed by atoms with Crippen LogP contribution in [0.3, 0.4) is 0 Å². The standard InChI is InChI=1S/C8H6F2N2O2/c1-14-5-3-12-6(8(9)10)4(2-11)7(5)13/h3,8H,1H3,(H,12,13). The van der Waals surface area contributed by atoms with Crippen LogP contribution in [0.25, 0.3) is 0 Å². The number of nitrogens with one attached hydrogen (secondary N) is 1. The smallest absolute Gasteiger partial charge is 0.279 e. The number of hydrogen-bond acceptors (Lipinski definition) is 3. The van der Waals surface area contributed by atoms with E-state index in [1.165, 1.54) is 13.2 Å². The van der Waals surface area contributed by atoms with E-state index in [4.69, 9.17) is 5.26 Å². The number of ether oxygens (including phenoxy) is 1. The van der Waals surface area contributed by atoms with Crippen LogP contribution in [0.15, 0.2) is 11.0 Å². The predicted octanol–water partition coefficient (Wildman–Crippen LogP) is 1.19. The number of H-pyrrole nitrogens is 1. The first-order valence-electron chi connectivity index (χ1n) is 3.59. The van der Waals surface area contributed by atoms with Gasteiger partial charge in [0.05, 0.1) is 7.11 Å². The van der Waals surface area contributed by atoms with Gasteiger partial charge in [0.1, 0.15) is 17.3 Å². The molecule has 0 aliphatic rings. The zero-order chi connectivity index (χ0) is 10.7. The van der Waals surface area contributed by atoms with Gasteiger partial charge in [0.2, 0.25) is 5.43 Å². The SMILES string of the molecule is COc1c[nH]c(C(F)F)c(C#N)c1=O. The number of nitriles is 1. The summed E-state index contributed by atoms with van der Waals surface area (Å²) in [5, 5.41) is 8.51. The third kappa shape index (κ3) is 1.57. The summed E-state index contributed by atoms with van der Waals surface area (Å²) >= 11 is 0. The Bertz CT molecular complexity index is 434. The molecule has 0 saturated heterocycles. The average Bonchev–Trinajstić information content (AvgIpc) is 2.17. The van der Waals surface area contributed by atoms with Gasteiger partial charge >= 0.3 is 0 Å². The van der Waals surface area contributed by atoms with Gasteiger partial charge in [-0.1, -0.05) is 0 Å². The van der Waals surface area contributed by atoms with Gasteiger partial charge < -0.3 is 9.72 Å². The second kappa shape index (κ2) is 3.87. The minimum atomic E-state index is -2.89. The highest BCUT2D eigenvalue weighted by molar-refractivity contribution is 5.39. The van der Waals surface area contributed by atoms with Crippen LogP contribution in [0.1, 0.15) is 17.7 Å². The maximum atomic E-state index is 12.3. The molecule has 0 amide bonds. The highest BCUT2D eigenvalue weighted by Gasteiger charge is 2.18. The minimum Gasteiger partial charge on any atom is -0.491 e. The van der Waals surface area contributed by atoms with Gasteiger partial charge in [0.15, 0.2) is 5.75 Å². The summed E-state index contributed by atoms with van der Waals surface area (Å²) in [5.41, 5.74) is -2.12. The van der Waals surface area contributed by atoms with E-state index in [2.05, 4.69) is 9.72 Å². The Morgan fingerprint density at radius 3 is 2.71 bits per heavy atom. The van der Waals surface area contributed by atoms with Crippen LogP contribution in [-0.4, -0.2) is 12.1 Å². The number of aromatic amines is 1. The molecule has 1 heterocycles. The van der Waals surface area contributed by atoms with Crippen LogP contribution >= 0.6 is 0 Å². The fourth-order valence-electron chi connectivity index (χ4n) is 0.961. The van der Waals surface area contributed by atoms with Gasteiger partial charge in [0.25, 0.3) is 6.43 Å². The molecule has 0 radical (unpaired) electrons. The molecule has 1 N–H and O–H groups in total. The topological polar surface area (TPSA) is 65.9 Å². The summed E-state index contributed by atoms with van der Waals surface area (Å²) in [6.45, 7) is 0. The molecule has 0 spiro atoms. The molecule has 0 fully saturated rings. The Balaban J connectivity index is 3.46. The lowest BCUT2D eigenvalue weighted by molar-refractivity contribution is 0.145. The number of pyridine rings is 1. The van der Waals surface area contributed by atoms with Gasteiger partial charge in [-0.3, -0.25) is 4.79 Å². The molecule has 0 atom stereocenters. The van der Waals surface area contributed by atoms with E-state index in [-0.39, 0.29) is 5.75 Å². The van der Waals surface area contributed by atoms with Crippen molar-refractivity contribution in [1.29, 1.82) is 5.26 Å². The summed E-state index contributed by atoms with van der Waals surface area (Å²) in [6, 6.07) is 1.42. The van der Waals surface area contributed by atoms with E-state index in [0.717, 1.165) is 6.20 Å². The zero-order valence-corrected chi connectivity index (χ0v) is 7.17. The van der Waals surface area contributed by atoms with Gasteiger partial charge in [-0.05, 0) is 0 Å². The van der Waals surface area contributed by atoms with Crippen LogP contribution < -0.4 is 10.2 Å². The molecule has 0 saturated carbocycles. The Hall–Kier alpha value is -1.90. The molecular formula is C8H6F2N2O2. The van der Waals surface area contributed by atoms with Crippen molar-refractivity contribution in [2.75, 3.05) is 7.11 Å². The maximum absolute atomic E-state index is 12.3. The molecule has 0 aliphatic heterocycles. The molecule has 0 aliphatic carbocycles. The molecule has 0 bridgehead atoms. The number of rotatable bonds is 2. The van der Waals surface area contributed by atoms with Crippen molar-refractivity contribution in [1.82, 2.24) is 4.98 Å². The Morgan fingerprint density at radius 2 is 2.29 bits per heavy atom. The number of halogens is 2. The molecule has 4 nitrogen and oxygen atoms in total. The summed E-state index contributed by atoms with van der Waals surface area (Å²) in [7, 11) is 1.22. The first-order chi connectivity index (χ1) is 6.61. The minimum absolute atomic E-state index is 0.161. The number of methoxy groups -OCH3 is 1. The lowest BCUT2D eigenvalue weighted by Gasteiger charge is -2.04. The van der Waals surface area contributed by atoms with Gasteiger partial charge in [-0.15, -0.1) is 0 Å². The van der Waals surface area contributed by atoms with Crippen LogP contribution in [0.2, 0.25) is 0 Å². The van der Waals surface area contributed by atoms with Crippen molar-refractivity contribution in [3.8, 4) is 11.8 Å². The molecule has 74 valence electrons. The molecule has 1 aromatic heterocycles. The molecule has 6 heteroatoms. The normalized spacial score (nSPS) is 9.93. The van der Waals surface area contributed by atoms with Gasteiger partial charge in [0, 0.05) is 6.20 Å². The predicted molar refractivity (Wildman–Crippen MR) is 43.3 cm³/mol. The average molecular weight is 200 g/mol. The highest BCUT2D eigenvalue weighted by atomic mass is 19.3. The first kappa shape index (κ1) is 10.2. The number of nitrogens with zero attached hydrogens (tertiary/aromatic N) is 1. The molecule has 1 aromatic rings. The Labute approximate surface area is 77.7 Å². The Kier molecular flexibility index (Phi) is 2.82. The van der Waals surface area contributed by atoms with Gasteiger partial charge in [-0.25, -0.2) is 8.78 Å². The number of alkyl halides is 2. The van der Waals surface area contributed by atoms with Crippen LogP contribution in [-0.2, 0) is 0 Å². The lowest BCUT2D eigenvalue weighted by atomic mass is 10.2. The van der Waals surface area contributed by atoms with Crippen molar-refractivity contribution in [3.63, 3.8) is 0 Å². The van der Waals surface area contributed by atoms with Crippen molar-refractivity contribution < 1.29 is 13.5 Å². The van der Waals surface area contributed by atoms with E-state index in [1.54, 1.807) is 0 Å². The largest absolute Gasteiger partial charge is 0.491 e. The van der Waals surface area contributed by atoms with E-state index in [1.807, 2.05) is 0 Å². The van der Waals surface area contributed by atoms with Crippen molar-refractivity contribution in [3.05, 3.63) is 27.7 Å². The number of hydrogen-bond donors (Lipinski definition) is 1. The summed E-state index contributed by atoms with van der Waals surface area (Å²) in [5.74, 6) is -0.161. The third-order valence-electron chi connectivity index (χ3n) is 1.63. The molecule has 0 aromatic carbocycles. The highest BCUT2D eigenvalue weighted by Crippen LogP contribution is 2.19. The maximum Gasteiger partial charge on any atom is 0.279 e. The van der Waals surface area contributed by atoms with E-state index < -0.39 is 23.1 Å². The van der Waals surface area contributed by atoms with Crippen LogP contribution in [0, 0.1) is 11.3 Å². The monoisotopic (exact) mass is 200 g/mol. The van der Waals surface area contributed by atoms with Crippen LogP contribution in [0.4, 0.5) is 8.78 Å². The van der Waals surface area contributed by atoms with Crippen molar-refractivity contribution >= 4 is 0 Å². The quantitative estimate of drug-likeness (QED) is 0.779. The van der Waals surface area contributed by atoms with Crippen LogP contribution in [0.5, 0.6) is 5.75 Å². The second-order valence-electron chi connectivity index (χ2n) is 2.39. The van der Waals surface area contributed by atoms with Gasteiger partial charge in [-0.2, -0.15) is 5.26 Å². The lowest BCUT2D eigenvalue weighted by Crippen LogP contribution is -2.13. The fourth-order valence-corrected chi connectivity index (χ4v) is 0.961. The fraction of sp³-hybridized carbons (Fsp3) is 0.250. The van der Waals surface area contributed by atoms with E-state index in [0.29, 0.717) is 0 Å². The summed E-state index contributed by atoms with van der Waals surface area (Å²) < 4.78 is 29.1. The number of aromatic nitrogens is 1. The third-order valence-corrected chi connectivity index (χ3v) is 1.63. The zero-order valence-electron chi connectivity index (χ0n) is 7.17. The second-order valence-corrected chi connectivity index (χ2v) is 2.39. The van der Waals surface area contributed by atoms with E-state index in [9.17, 15) is 13.6 Å². The van der Waals surface area contributed by atoms with Crippen molar-refractivity contribution in [2.24, 2.45) is 0 Å². The summed E-state index contributed by atoms with van der Waals surface area (Å²) in [6.07, 6.45) is -1.88. The molecule has 14 heavy (non-hydrogen) atoms. The molecule has 0 unspecified atom stereocenters. The van der Waals surface area contributed by atoms with Crippen molar-refractivity contribution in [2.45, 2.75) is 6.43 Å². The first-order valence-corrected chi connectivity index (χ1v) is 3.59. The van der Waals surface area contributed by atoms with E-state index >= 15 is 0 Å². The Morgan fingerprint density at radius 1 is 1.64 bits per heavy atom. The molecular weight excluding hydrogens is 194 g/mol. The summed E-state index contributed by atoms with van der Waals surface area (Å²) in [4.78, 5) is 13.4.